The van der Waals surface area contributed by atoms with Crippen molar-refractivity contribution in [2.75, 3.05) is 0 Å². The standard InChI is InChI=1S/C15H14ClN3O/c1-2-8-19-14(11-9-10(16)5-6-13(11)20)18-12-4-3-7-17-15(12)19/h3-7,9,20H,2,8H2,1H3. The van der Waals surface area contributed by atoms with Crippen molar-refractivity contribution in [1.29, 1.82) is 0 Å². The van der Waals surface area contributed by atoms with Crippen LogP contribution in [0.5, 0.6) is 5.75 Å². The van der Waals surface area contributed by atoms with Crippen LogP contribution in [-0.2, 0) is 6.54 Å². The van der Waals surface area contributed by atoms with E-state index in [4.69, 9.17) is 11.6 Å². The molecule has 3 rings (SSSR count). The van der Waals surface area contributed by atoms with Gasteiger partial charge in [0.15, 0.2) is 5.65 Å². The van der Waals surface area contributed by atoms with Crippen LogP contribution in [0, 0.1) is 0 Å². The first kappa shape index (κ1) is 12.9. The van der Waals surface area contributed by atoms with Crippen molar-refractivity contribution in [3.8, 4) is 17.1 Å². The predicted molar refractivity (Wildman–Crippen MR) is 79.9 cm³/mol. The van der Waals surface area contributed by atoms with E-state index in [0.29, 0.717) is 16.4 Å². The number of halogens is 1. The Kier molecular flexibility index (Phi) is 3.32. The highest BCUT2D eigenvalue weighted by molar-refractivity contribution is 6.30. The molecule has 3 aromatic rings. The van der Waals surface area contributed by atoms with Gasteiger partial charge in [-0.25, -0.2) is 9.97 Å². The lowest BCUT2D eigenvalue weighted by molar-refractivity contribution is 0.476. The number of pyridine rings is 1. The third-order valence-corrected chi connectivity index (χ3v) is 3.39. The zero-order valence-corrected chi connectivity index (χ0v) is 11.8. The largest absolute Gasteiger partial charge is 0.507 e. The number of fused-ring (bicyclic) bond motifs is 1. The van der Waals surface area contributed by atoms with Crippen LogP contribution in [0.25, 0.3) is 22.6 Å². The van der Waals surface area contributed by atoms with E-state index in [0.717, 1.165) is 24.1 Å². The molecule has 0 aliphatic carbocycles. The predicted octanol–water partition coefficient (Wildman–Crippen LogP) is 3.87. The quantitative estimate of drug-likeness (QED) is 0.795. The molecule has 0 spiro atoms. The van der Waals surface area contributed by atoms with Crippen molar-refractivity contribution in [3.63, 3.8) is 0 Å². The van der Waals surface area contributed by atoms with Crippen molar-refractivity contribution in [3.05, 3.63) is 41.6 Å². The van der Waals surface area contributed by atoms with Crippen molar-refractivity contribution >= 4 is 22.8 Å². The summed E-state index contributed by atoms with van der Waals surface area (Å²) in [5, 5.41) is 10.6. The number of imidazole rings is 1. The molecule has 0 aliphatic rings. The normalized spacial score (nSPS) is 11.1. The molecule has 2 aromatic heterocycles. The van der Waals surface area contributed by atoms with E-state index in [-0.39, 0.29) is 5.75 Å². The number of phenolic OH excluding ortho intramolecular Hbond substituents is 1. The maximum atomic E-state index is 10.1. The minimum Gasteiger partial charge on any atom is -0.507 e. The highest BCUT2D eigenvalue weighted by Crippen LogP contribution is 2.32. The second kappa shape index (κ2) is 5.13. The minimum atomic E-state index is 0.169. The number of phenols is 1. The summed E-state index contributed by atoms with van der Waals surface area (Å²) in [6.45, 7) is 2.88. The zero-order valence-electron chi connectivity index (χ0n) is 11.0. The minimum absolute atomic E-state index is 0.169. The van der Waals surface area contributed by atoms with E-state index >= 15 is 0 Å². The molecule has 0 fully saturated rings. The molecular weight excluding hydrogens is 274 g/mol. The molecule has 0 saturated carbocycles. The summed E-state index contributed by atoms with van der Waals surface area (Å²) < 4.78 is 2.01. The van der Waals surface area contributed by atoms with Gasteiger partial charge in [0.2, 0.25) is 0 Å². The van der Waals surface area contributed by atoms with Crippen LogP contribution in [0.3, 0.4) is 0 Å². The molecule has 1 aromatic carbocycles. The van der Waals surface area contributed by atoms with Crippen LogP contribution in [-0.4, -0.2) is 19.6 Å². The molecule has 20 heavy (non-hydrogen) atoms. The number of nitrogens with zero attached hydrogens (tertiary/aromatic N) is 3. The van der Waals surface area contributed by atoms with Crippen molar-refractivity contribution in [2.45, 2.75) is 19.9 Å². The van der Waals surface area contributed by atoms with E-state index in [9.17, 15) is 5.11 Å². The summed E-state index contributed by atoms with van der Waals surface area (Å²) >= 11 is 6.03. The number of hydrogen-bond donors (Lipinski definition) is 1. The Morgan fingerprint density at radius 2 is 2.15 bits per heavy atom. The van der Waals surface area contributed by atoms with E-state index < -0.39 is 0 Å². The SMILES string of the molecule is CCCn1c(-c2cc(Cl)ccc2O)nc2cccnc21. The Hall–Kier alpha value is -2.07. The first-order valence-corrected chi connectivity index (χ1v) is 6.88. The lowest BCUT2D eigenvalue weighted by Gasteiger charge is -2.08. The Bertz CT molecular complexity index is 767. The monoisotopic (exact) mass is 287 g/mol. The number of aromatic nitrogens is 3. The second-order valence-electron chi connectivity index (χ2n) is 4.59. The average Bonchev–Trinajstić information content (AvgIpc) is 2.81. The molecule has 0 unspecified atom stereocenters. The van der Waals surface area contributed by atoms with Crippen LogP contribution in [0.1, 0.15) is 13.3 Å². The van der Waals surface area contributed by atoms with E-state index in [1.54, 1.807) is 24.4 Å². The maximum absolute atomic E-state index is 10.1. The van der Waals surface area contributed by atoms with Gasteiger partial charge in [-0.15, -0.1) is 0 Å². The summed E-state index contributed by atoms with van der Waals surface area (Å²) in [5.41, 5.74) is 2.27. The van der Waals surface area contributed by atoms with Gasteiger partial charge in [-0.3, -0.25) is 0 Å². The fraction of sp³-hybridized carbons (Fsp3) is 0.200. The highest BCUT2D eigenvalue weighted by atomic mass is 35.5. The molecule has 2 heterocycles. The summed E-state index contributed by atoms with van der Waals surface area (Å²) in [6, 6.07) is 8.74. The molecule has 4 nitrogen and oxygen atoms in total. The number of rotatable bonds is 3. The topological polar surface area (TPSA) is 50.9 Å². The van der Waals surface area contributed by atoms with Crippen LogP contribution in [0.2, 0.25) is 5.02 Å². The molecule has 102 valence electrons. The highest BCUT2D eigenvalue weighted by Gasteiger charge is 2.16. The number of hydrogen-bond acceptors (Lipinski definition) is 3. The molecule has 0 bridgehead atoms. The Morgan fingerprint density at radius 1 is 1.30 bits per heavy atom. The van der Waals surface area contributed by atoms with Crippen molar-refractivity contribution in [2.24, 2.45) is 0 Å². The van der Waals surface area contributed by atoms with Gasteiger partial charge in [-0.1, -0.05) is 18.5 Å². The zero-order chi connectivity index (χ0) is 14.1. The molecule has 0 saturated heterocycles. The number of benzene rings is 1. The van der Waals surface area contributed by atoms with Gasteiger partial charge in [0, 0.05) is 17.8 Å². The maximum Gasteiger partial charge on any atom is 0.160 e. The molecule has 0 radical (unpaired) electrons. The lowest BCUT2D eigenvalue weighted by Crippen LogP contribution is -2.00. The van der Waals surface area contributed by atoms with Gasteiger partial charge in [0.05, 0.1) is 5.56 Å². The van der Waals surface area contributed by atoms with Crippen molar-refractivity contribution in [1.82, 2.24) is 14.5 Å². The summed E-state index contributed by atoms with van der Waals surface area (Å²) in [4.78, 5) is 8.97. The van der Waals surface area contributed by atoms with Crippen LogP contribution < -0.4 is 0 Å². The fourth-order valence-electron chi connectivity index (χ4n) is 2.29. The van der Waals surface area contributed by atoms with Crippen LogP contribution in [0.4, 0.5) is 0 Å². The molecular formula is C15H14ClN3O. The molecule has 0 atom stereocenters. The first-order valence-electron chi connectivity index (χ1n) is 6.51. The summed E-state index contributed by atoms with van der Waals surface area (Å²) in [7, 11) is 0. The van der Waals surface area contributed by atoms with E-state index in [1.165, 1.54) is 0 Å². The molecule has 0 amide bonds. The van der Waals surface area contributed by atoms with Gasteiger partial charge in [0.1, 0.15) is 17.1 Å². The lowest BCUT2D eigenvalue weighted by atomic mass is 10.2. The summed E-state index contributed by atoms with van der Waals surface area (Å²) in [6.07, 6.45) is 2.70. The van der Waals surface area contributed by atoms with Gasteiger partial charge in [0.25, 0.3) is 0 Å². The Balaban J connectivity index is 2.29. The average molecular weight is 288 g/mol. The number of aryl methyl sites for hydroxylation is 1. The Morgan fingerprint density at radius 3 is 2.95 bits per heavy atom. The first-order chi connectivity index (χ1) is 9.70. The summed E-state index contributed by atoms with van der Waals surface area (Å²) in [5.74, 6) is 0.864. The Labute approximate surface area is 121 Å². The third kappa shape index (κ3) is 2.12. The second-order valence-corrected chi connectivity index (χ2v) is 5.03. The van der Waals surface area contributed by atoms with Gasteiger partial charge in [-0.2, -0.15) is 0 Å². The van der Waals surface area contributed by atoms with Crippen LogP contribution >= 0.6 is 11.6 Å². The molecule has 5 heteroatoms. The van der Waals surface area contributed by atoms with Gasteiger partial charge in [-0.05, 0) is 36.8 Å². The van der Waals surface area contributed by atoms with Gasteiger partial charge >= 0.3 is 0 Å². The van der Waals surface area contributed by atoms with E-state index in [1.807, 2.05) is 16.7 Å². The fourth-order valence-corrected chi connectivity index (χ4v) is 2.46. The van der Waals surface area contributed by atoms with Crippen molar-refractivity contribution < 1.29 is 5.11 Å². The van der Waals surface area contributed by atoms with E-state index in [2.05, 4.69) is 16.9 Å². The third-order valence-electron chi connectivity index (χ3n) is 3.15. The van der Waals surface area contributed by atoms with Gasteiger partial charge < -0.3 is 9.67 Å². The molecule has 1 N–H and O–H groups in total. The molecule has 0 aliphatic heterocycles. The van der Waals surface area contributed by atoms with Crippen LogP contribution in [0.15, 0.2) is 36.5 Å². The smallest absolute Gasteiger partial charge is 0.160 e. The number of aromatic hydroxyl groups is 1.